The Morgan fingerprint density at radius 2 is 1.90 bits per heavy atom. The minimum absolute atomic E-state index is 0.443. The summed E-state index contributed by atoms with van der Waals surface area (Å²) in [6.07, 6.45) is 13.6. The lowest BCUT2D eigenvalue weighted by atomic mass is 10.0. The van der Waals surface area contributed by atoms with Crippen LogP contribution in [0.1, 0.15) is 57.1 Å². The zero-order chi connectivity index (χ0) is 14.5. The molecule has 110 valence electrons. The Morgan fingerprint density at radius 1 is 1.10 bits per heavy atom. The Balaban J connectivity index is 2.44. The van der Waals surface area contributed by atoms with Crippen molar-refractivity contribution in [1.29, 1.82) is 0 Å². The quantitative estimate of drug-likeness (QED) is 0.418. The van der Waals surface area contributed by atoms with Crippen LogP contribution in [0.25, 0.3) is 0 Å². The Kier molecular flexibility index (Phi) is 9.60. The molecule has 1 heteroatoms. The minimum atomic E-state index is 0.443. The summed E-state index contributed by atoms with van der Waals surface area (Å²) in [6, 6.07) is 11.2. The molecular weight excluding hydrogens is 242 g/mol. The summed E-state index contributed by atoms with van der Waals surface area (Å²) in [5, 5.41) is 3.67. The van der Waals surface area contributed by atoms with Crippen molar-refractivity contribution in [3.63, 3.8) is 0 Å². The van der Waals surface area contributed by atoms with Gasteiger partial charge >= 0.3 is 0 Å². The highest BCUT2D eigenvalue weighted by molar-refractivity contribution is 5.19. The predicted octanol–water partition coefficient (Wildman–Crippen LogP) is 5.42. The first-order valence-electron chi connectivity index (χ1n) is 7.92. The molecule has 0 aromatic heterocycles. The highest BCUT2D eigenvalue weighted by Crippen LogP contribution is 2.17. The van der Waals surface area contributed by atoms with Gasteiger partial charge in [0.1, 0.15) is 0 Å². The smallest absolute Gasteiger partial charge is 0.0354 e. The van der Waals surface area contributed by atoms with E-state index in [9.17, 15) is 0 Å². The number of rotatable bonds is 11. The van der Waals surface area contributed by atoms with Crippen molar-refractivity contribution in [3.05, 3.63) is 60.7 Å². The van der Waals surface area contributed by atoms with Crippen LogP contribution in [-0.2, 0) is 0 Å². The summed E-state index contributed by atoms with van der Waals surface area (Å²) in [4.78, 5) is 0. The zero-order valence-corrected chi connectivity index (χ0v) is 12.9. The Bertz CT molecular complexity index is 367. The molecule has 0 bridgehead atoms. The predicted molar refractivity (Wildman–Crippen MR) is 89.9 cm³/mol. The summed E-state index contributed by atoms with van der Waals surface area (Å²) in [6.45, 7) is 7.09. The van der Waals surface area contributed by atoms with Gasteiger partial charge in [-0.15, -0.1) is 6.58 Å². The van der Waals surface area contributed by atoms with E-state index in [0.29, 0.717) is 6.04 Å². The van der Waals surface area contributed by atoms with Crippen LogP contribution in [0.3, 0.4) is 0 Å². The van der Waals surface area contributed by atoms with E-state index in [1.807, 2.05) is 6.08 Å². The van der Waals surface area contributed by atoms with Gasteiger partial charge in [0.2, 0.25) is 0 Å². The topological polar surface area (TPSA) is 12.0 Å². The molecule has 1 N–H and O–H groups in total. The van der Waals surface area contributed by atoms with Crippen molar-refractivity contribution in [2.24, 2.45) is 0 Å². The third-order valence-electron chi connectivity index (χ3n) is 3.44. The SMILES string of the molecule is C=CCCC/C=C/CC(NCCCC)c1ccccc1. The molecule has 20 heavy (non-hydrogen) atoms. The fourth-order valence-electron chi connectivity index (χ4n) is 2.21. The van der Waals surface area contributed by atoms with E-state index in [1.165, 1.54) is 24.8 Å². The maximum absolute atomic E-state index is 3.75. The number of nitrogens with one attached hydrogen (secondary N) is 1. The minimum Gasteiger partial charge on any atom is -0.310 e. The normalized spacial score (nSPS) is 12.7. The van der Waals surface area contributed by atoms with Crippen LogP contribution in [0.15, 0.2) is 55.1 Å². The Labute approximate surface area is 124 Å². The number of allylic oxidation sites excluding steroid dienone is 2. The number of benzene rings is 1. The van der Waals surface area contributed by atoms with Gasteiger partial charge in [-0.25, -0.2) is 0 Å². The van der Waals surface area contributed by atoms with E-state index in [1.54, 1.807) is 0 Å². The molecule has 0 saturated heterocycles. The first-order chi connectivity index (χ1) is 9.88. The maximum atomic E-state index is 3.75. The zero-order valence-electron chi connectivity index (χ0n) is 12.9. The van der Waals surface area contributed by atoms with Gasteiger partial charge in [-0.1, -0.05) is 61.9 Å². The number of hydrogen-bond acceptors (Lipinski definition) is 1. The van der Waals surface area contributed by atoms with Gasteiger partial charge in [0.25, 0.3) is 0 Å². The summed E-state index contributed by atoms with van der Waals surface area (Å²) in [5.74, 6) is 0. The molecule has 0 amide bonds. The summed E-state index contributed by atoms with van der Waals surface area (Å²) >= 11 is 0. The van der Waals surface area contributed by atoms with E-state index >= 15 is 0 Å². The van der Waals surface area contributed by atoms with Gasteiger partial charge in [-0.2, -0.15) is 0 Å². The molecule has 0 heterocycles. The summed E-state index contributed by atoms with van der Waals surface area (Å²) in [7, 11) is 0. The van der Waals surface area contributed by atoms with Crippen molar-refractivity contribution in [2.45, 2.75) is 51.5 Å². The van der Waals surface area contributed by atoms with Gasteiger partial charge in [-0.05, 0) is 44.2 Å². The fourth-order valence-corrected chi connectivity index (χ4v) is 2.21. The number of hydrogen-bond donors (Lipinski definition) is 1. The van der Waals surface area contributed by atoms with Gasteiger partial charge in [-0.3, -0.25) is 0 Å². The second-order valence-electron chi connectivity index (χ2n) is 5.20. The first-order valence-corrected chi connectivity index (χ1v) is 7.92. The lowest BCUT2D eigenvalue weighted by Crippen LogP contribution is -2.21. The molecule has 0 aliphatic rings. The molecule has 1 unspecified atom stereocenters. The van der Waals surface area contributed by atoms with E-state index < -0.39 is 0 Å². The molecule has 1 aromatic carbocycles. The van der Waals surface area contributed by atoms with E-state index in [-0.39, 0.29) is 0 Å². The van der Waals surface area contributed by atoms with Gasteiger partial charge in [0.15, 0.2) is 0 Å². The molecule has 0 spiro atoms. The average Bonchev–Trinajstić information content (AvgIpc) is 2.50. The molecular formula is C19H29N. The maximum Gasteiger partial charge on any atom is 0.0354 e. The molecule has 0 aliphatic carbocycles. The molecule has 0 saturated carbocycles. The first kappa shape index (κ1) is 16.7. The van der Waals surface area contributed by atoms with Crippen molar-refractivity contribution in [2.75, 3.05) is 6.54 Å². The van der Waals surface area contributed by atoms with Crippen molar-refractivity contribution in [1.82, 2.24) is 5.32 Å². The lowest BCUT2D eigenvalue weighted by Gasteiger charge is -2.17. The van der Waals surface area contributed by atoms with Crippen LogP contribution >= 0.6 is 0 Å². The van der Waals surface area contributed by atoms with Gasteiger partial charge < -0.3 is 5.32 Å². The lowest BCUT2D eigenvalue weighted by molar-refractivity contribution is 0.524. The largest absolute Gasteiger partial charge is 0.310 e. The third-order valence-corrected chi connectivity index (χ3v) is 3.44. The summed E-state index contributed by atoms with van der Waals surface area (Å²) in [5.41, 5.74) is 1.39. The van der Waals surface area contributed by atoms with Crippen molar-refractivity contribution in [3.8, 4) is 0 Å². The molecule has 1 atom stereocenters. The van der Waals surface area contributed by atoms with Crippen molar-refractivity contribution >= 4 is 0 Å². The van der Waals surface area contributed by atoms with Crippen molar-refractivity contribution < 1.29 is 0 Å². The van der Waals surface area contributed by atoms with Gasteiger partial charge in [0.05, 0.1) is 0 Å². The van der Waals surface area contributed by atoms with Crippen LogP contribution < -0.4 is 5.32 Å². The van der Waals surface area contributed by atoms with E-state index in [0.717, 1.165) is 25.8 Å². The summed E-state index contributed by atoms with van der Waals surface area (Å²) < 4.78 is 0. The second-order valence-corrected chi connectivity index (χ2v) is 5.20. The molecule has 0 fully saturated rings. The van der Waals surface area contributed by atoms with Crippen LogP contribution in [-0.4, -0.2) is 6.54 Å². The van der Waals surface area contributed by atoms with E-state index in [2.05, 4.69) is 61.3 Å². The monoisotopic (exact) mass is 271 g/mol. The van der Waals surface area contributed by atoms with Crippen LogP contribution in [0.2, 0.25) is 0 Å². The Hall–Kier alpha value is -1.34. The van der Waals surface area contributed by atoms with Crippen LogP contribution in [0.4, 0.5) is 0 Å². The molecule has 1 rings (SSSR count). The molecule has 0 aliphatic heterocycles. The number of unbranched alkanes of at least 4 members (excludes halogenated alkanes) is 3. The third kappa shape index (κ3) is 7.30. The second kappa shape index (κ2) is 11.5. The molecule has 1 aromatic rings. The Morgan fingerprint density at radius 3 is 2.60 bits per heavy atom. The highest BCUT2D eigenvalue weighted by atomic mass is 14.9. The van der Waals surface area contributed by atoms with Crippen LogP contribution in [0, 0.1) is 0 Å². The van der Waals surface area contributed by atoms with E-state index in [4.69, 9.17) is 0 Å². The van der Waals surface area contributed by atoms with Crippen LogP contribution in [0.5, 0.6) is 0 Å². The average molecular weight is 271 g/mol. The van der Waals surface area contributed by atoms with Gasteiger partial charge in [0, 0.05) is 6.04 Å². The standard InChI is InChI=1S/C19H29N/c1-3-5-7-8-9-13-16-19(20-17-6-4-2)18-14-11-10-12-15-18/h3,9-15,19-20H,1,4-8,16-17H2,2H3/b13-9+. The molecule has 0 radical (unpaired) electrons. The molecule has 1 nitrogen and oxygen atoms in total. The highest BCUT2D eigenvalue weighted by Gasteiger charge is 2.07. The fraction of sp³-hybridized carbons (Fsp3) is 0.474.